The summed E-state index contributed by atoms with van der Waals surface area (Å²) in [4.78, 5) is 17.9. The lowest BCUT2D eigenvalue weighted by atomic mass is 10.2. The molecule has 0 bridgehead atoms. The highest BCUT2D eigenvalue weighted by molar-refractivity contribution is 7.14. The summed E-state index contributed by atoms with van der Waals surface area (Å²) in [6.07, 6.45) is 0.379. The topological polar surface area (TPSA) is 42.4 Å². The minimum atomic E-state index is -0.122. The van der Waals surface area contributed by atoms with Crippen LogP contribution >= 0.6 is 22.9 Å². The fraction of sp³-hybridized carbons (Fsp3) is 0.636. The number of Topliss-reactive ketones (excluding diaryl/α,β-unsaturated/α-hetero) is 1. The van der Waals surface area contributed by atoms with Crippen LogP contribution in [-0.2, 0) is 4.74 Å². The zero-order valence-electron chi connectivity index (χ0n) is 9.85. The summed E-state index contributed by atoms with van der Waals surface area (Å²) in [5.41, 5.74) is 0.465. The molecule has 2 heterocycles. The van der Waals surface area contributed by atoms with Gasteiger partial charge in [-0.05, 0) is 13.8 Å². The van der Waals surface area contributed by atoms with Gasteiger partial charge in [0.25, 0.3) is 0 Å². The van der Waals surface area contributed by atoms with Gasteiger partial charge in [-0.1, -0.05) is 0 Å². The van der Waals surface area contributed by atoms with E-state index in [9.17, 15) is 4.79 Å². The molecule has 1 aromatic heterocycles. The smallest absolute Gasteiger partial charge is 0.196 e. The van der Waals surface area contributed by atoms with E-state index in [-0.39, 0.29) is 23.9 Å². The van der Waals surface area contributed by atoms with Crippen molar-refractivity contribution in [2.24, 2.45) is 0 Å². The first kappa shape index (κ1) is 12.8. The normalized spacial score (nSPS) is 25.0. The molecule has 94 valence electrons. The Morgan fingerprint density at radius 1 is 1.59 bits per heavy atom. The maximum absolute atomic E-state index is 11.4. The van der Waals surface area contributed by atoms with Crippen molar-refractivity contribution in [3.05, 3.63) is 11.1 Å². The van der Waals surface area contributed by atoms with Gasteiger partial charge in [-0.15, -0.1) is 22.9 Å². The van der Waals surface area contributed by atoms with Crippen molar-refractivity contribution in [2.45, 2.75) is 26.1 Å². The molecule has 2 rings (SSSR count). The molecule has 1 fully saturated rings. The van der Waals surface area contributed by atoms with Crippen LogP contribution in [0.5, 0.6) is 0 Å². The number of aromatic nitrogens is 1. The van der Waals surface area contributed by atoms with E-state index < -0.39 is 0 Å². The van der Waals surface area contributed by atoms with E-state index in [1.165, 1.54) is 11.3 Å². The first-order valence-electron chi connectivity index (χ1n) is 5.55. The predicted octanol–water partition coefficient (Wildman–Crippen LogP) is 2.18. The molecule has 0 radical (unpaired) electrons. The molecule has 2 atom stereocenters. The van der Waals surface area contributed by atoms with Crippen LogP contribution in [0.2, 0.25) is 0 Å². The Labute approximate surface area is 110 Å². The van der Waals surface area contributed by atoms with Crippen molar-refractivity contribution in [2.75, 3.05) is 23.9 Å². The van der Waals surface area contributed by atoms with Crippen LogP contribution in [0.3, 0.4) is 0 Å². The van der Waals surface area contributed by atoms with Gasteiger partial charge in [0.05, 0.1) is 18.1 Å². The number of thiazole rings is 1. The largest absolute Gasteiger partial charge is 0.372 e. The van der Waals surface area contributed by atoms with E-state index >= 15 is 0 Å². The van der Waals surface area contributed by atoms with Crippen LogP contribution < -0.4 is 4.90 Å². The SMILES string of the molecule is C[C@@H]1CN(c2nc(C(=O)CCl)cs2)C[C@H](C)O1. The van der Waals surface area contributed by atoms with Gasteiger partial charge in [-0.3, -0.25) is 4.79 Å². The molecule has 0 aromatic carbocycles. The number of anilines is 1. The van der Waals surface area contributed by atoms with Crippen LogP contribution in [-0.4, -0.2) is 41.9 Å². The number of nitrogens with zero attached hydrogens (tertiary/aromatic N) is 2. The van der Waals surface area contributed by atoms with E-state index in [1.807, 2.05) is 13.8 Å². The first-order chi connectivity index (χ1) is 8.10. The van der Waals surface area contributed by atoms with Crippen LogP contribution in [0.15, 0.2) is 5.38 Å². The number of carbonyl (C=O) groups is 1. The maximum Gasteiger partial charge on any atom is 0.196 e. The summed E-state index contributed by atoms with van der Waals surface area (Å²) >= 11 is 6.99. The molecule has 0 aliphatic carbocycles. The van der Waals surface area contributed by atoms with E-state index in [0.29, 0.717) is 5.69 Å². The Balaban J connectivity index is 2.11. The molecule has 0 spiro atoms. The highest BCUT2D eigenvalue weighted by Crippen LogP contribution is 2.24. The average Bonchev–Trinajstić information content (AvgIpc) is 2.76. The van der Waals surface area contributed by atoms with Crippen LogP contribution in [0.1, 0.15) is 24.3 Å². The number of halogens is 1. The van der Waals surface area contributed by atoms with Crippen molar-refractivity contribution in [3.63, 3.8) is 0 Å². The van der Waals surface area contributed by atoms with Crippen molar-refractivity contribution < 1.29 is 9.53 Å². The molecule has 1 aliphatic heterocycles. The second-order valence-electron chi connectivity index (χ2n) is 4.23. The standard InChI is InChI=1S/C11H15ClN2O2S/c1-7-4-14(5-8(2)16-7)11-13-9(6-17-11)10(15)3-12/h6-8H,3-5H2,1-2H3/t7-,8+. The number of carbonyl (C=O) groups excluding carboxylic acids is 1. The second-order valence-corrected chi connectivity index (χ2v) is 5.34. The Bertz CT molecular complexity index is 400. The van der Waals surface area contributed by atoms with Crippen molar-refractivity contribution in [1.29, 1.82) is 0 Å². The summed E-state index contributed by atoms with van der Waals surface area (Å²) in [6.45, 7) is 5.71. The molecular formula is C11H15ClN2O2S. The van der Waals surface area contributed by atoms with Gasteiger partial charge >= 0.3 is 0 Å². The zero-order valence-corrected chi connectivity index (χ0v) is 11.4. The van der Waals surface area contributed by atoms with E-state index in [4.69, 9.17) is 16.3 Å². The molecule has 6 heteroatoms. The number of hydrogen-bond acceptors (Lipinski definition) is 5. The Kier molecular flexibility index (Phi) is 4.01. The molecule has 1 aliphatic rings. The molecule has 4 nitrogen and oxygen atoms in total. The van der Waals surface area contributed by atoms with Gasteiger partial charge in [0.1, 0.15) is 5.69 Å². The van der Waals surface area contributed by atoms with Gasteiger partial charge in [0, 0.05) is 18.5 Å². The van der Waals surface area contributed by atoms with Crippen LogP contribution in [0.25, 0.3) is 0 Å². The van der Waals surface area contributed by atoms with Crippen LogP contribution in [0, 0.1) is 0 Å². The molecular weight excluding hydrogens is 260 g/mol. The van der Waals surface area contributed by atoms with Crippen LogP contribution in [0.4, 0.5) is 5.13 Å². The number of alkyl halides is 1. The number of ketones is 1. The van der Waals surface area contributed by atoms with Crippen molar-refractivity contribution in [3.8, 4) is 0 Å². The van der Waals surface area contributed by atoms with E-state index in [0.717, 1.165) is 18.2 Å². The molecule has 0 unspecified atom stereocenters. The summed E-state index contributed by atoms with van der Waals surface area (Å²) in [6, 6.07) is 0. The van der Waals surface area contributed by atoms with Gasteiger partial charge in [-0.2, -0.15) is 0 Å². The molecule has 1 saturated heterocycles. The quantitative estimate of drug-likeness (QED) is 0.626. The van der Waals surface area contributed by atoms with E-state index in [2.05, 4.69) is 9.88 Å². The zero-order chi connectivity index (χ0) is 12.4. The number of morpholine rings is 1. The molecule has 17 heavy (non-hydrogen) atoms. The summed E-state index contributed by atoms with van der Waals surface area (Å²) in [5, 5.41) is 2.64. The predicted molar refractivity (Wildman–Crippen MR) is 69.4 cm³/mol. The summed E-state index contributed by atoms with van der Waals surface area (Å²) in [7, 11) is 0. The van der Waals surface area contributed by atoms with E-state index in [1.54, 1.807) is 5.38 Å². The molecule has 0 N–H and O–H groups in total. The highest BCUT2D eigenvalue weighted by atomic mass is 35.5. The fourth-order valence-corrected chi connectivity index (χ4v) is 2.93. The minimum absolute atomic E-state index is 0.0148. The Morgan fingerprint density at radius 2 is 2.24 bits per heavy atom. The van der Waals surface area contributed by atoms with Gasteiger partial charge in [0.2, 0.25) is 0 Å². The lowest BCUT2D eigenvalue weighted by Crippen LogP contribution is -2.45. The minimum Gasteiger partial charge on any atom is -0.372 e. The second kappa shape index (κ2) is 5.33. The monoisotopic (exact) mass is 274 g/mol. The van der Waals surface area contributed by atoms with Crippen molar-refractivity contribution in [1.82, 2.24) is 4.98 Å². The van der Waals surface area contributed by atoms with Crippen molar-refractivity contribution >= 4 is 33.9 Å². The molecule has 0 saturated carbocycles. The fourth-order valence-electron chi connectivity index (χ4n) is 1.94. The lowest BCUT2D eigenvalue weighted by molar-refractivity contribution is -0.00522. The van der Waals surface area contributed by atoms with Gasteiger partial charge < -0.3 is 9.64 Å². The summed E-state index contributed by atoms with van der Waals surface area (Å²) in [5.74, 6) is -0.137. The lowest BCUT2D eigenvalue weighted by Gasteiger charge is -2.35. The average molecular weight is 275 g/mol. The number of rotatable bonds is 3. The third-order valence-corrected chi connectivity index (χ3v) is 3.73. The molecule has 0 amide bonds. The third kappa shape index (κ3) is 2.97. The Hall–Kier alpha value is -0.650. The van der Waals surface area contributed by atoms with Gasteiger partial charge in [-0.25, -0.2) is 4.98 Å². The molecule has 1 aromatic rings. The van der Waals surface area contributed by atoms with Gasteiger partial charge in [0.15, 0.2) is 10.9 Å². The first-order valence-corrected chi connectivity index (χ1v) is 6.96. The maximum atomic E-state index is 11.4. The number of hydrogen-bond donors (Lipinski definition) is 0. The number of ether oxygens (including phenoxy) is 1. The highest BCUT2D eigenvalue weighted by Gasteiger charge is 2.24. The third-order valence-electron chi connectivity index (χ3n) is 2.59. The Morgan fingerprint density at radius 3 is 2.82 bits per heavy atom. The summed E-state index contributed by atoms with van der Waals surface area (Å²) < 4.78 is 5.66.